The molecule has 0 aliphatic heterocycles. The van der Waals surface area contributed by atoms with Crippen molar-refractivity contribution in [3.05, 3.63) is 84.4 Å². The topological polar surface area (TPSA) is 141 Å². The summed E-state index contributed by atoms with van der Waals surface area (Å²) in [6.45, 7) is 8.00. The van der Waals surface area contributed by atoms with Crippen LogP contribution in [-0.4, -0.2) is 64.4 Å². The molecule has 0 saturated heterocycles. The van der Waals surface area contributed by atoms with Crippen LogP contribution in [0.1, 0.15) is 38.8 Å². The van der Waals surface area contributed by atoms with Crippen molar-refractivity contribution in [1.29, 1.82) is 0 Å². The number of tetrazole rings is 2. The Hall–Kier alpha value is -2.27. The summed E-state index contributed by atoms with van der Waals surface area (Å²) >= 11 is 0. The molecule has 0 bridgehead atoms. The molecular weight excluding hydrogens is 602 g/mol. The van der Waals surface area contributed by atoms with E-state index in [1.807, 2.05) is 76.2 Å². The quantitative estimate of drug-likeness (QED) is 0.120. The average Bonchev–Trinajstić information content (AvgIpc) is 3.62. The Morgan fingerprint density at radius 3 is 1.49 bits per heavy atom. The molecule has 0 spiro atoms. The van der Waals surface area contributed by atoms with Gasteiger partial charge >= 0.3 is 0 Å². The fourth-order valence-electron chi connectivity index (χ4n) is 2.16. The molecule has 2 radical (unpaired) electrons. The maximum Gasteiger partial charge on any atom is 0.104 e. The van der Waals surface area contributed by atoms with Crippen molar-refractivity contribution in [2.45, 2.75) is 27.7 Å². The van der Waals surface area contributed by atoms with Crippen LogP contribution < -0.4 is 0 Å². The van der Waals surface area contributed by atoms with Crippen molar-refractivity contribution >= 4 is 11.7 Å². The zero-order valence-corrected chi connectivity index (χ0v) is 25.9. The molecule has 0 aliphatic carbocycles. The van der Waals surface area contributed by atoms with Gasteiger partial charge in [0.05, 0.1) is 0 Å². The van der Waals surface area contributed by atoms with Gasteiger partial charge in [0.25, 0.3) is 0 Å². The van der Waals surface area contributed by atoms with Crippen LogP contribution in [0, 0.1) is 12.7 Å². The van der Waals surface area contributed by atoms with E-state index in [1.54, 1.807) is 12.1 Å². The first kappa shape index (κ1) is 34.9. The second-order valence-corrected chi connectivity index (χ2v) is 5.13. The van der Waals surface area contributed by atoms with Crippen LogP contribution >= 0.6 is 0 Å². The van der Waals surface area contributed by atoms with Gasteiger partial charge in [-0.1, -0.05) is 110 Å². The van der Waals surface area contributed by atoms with E-state index in [4.69, 9.17) is 10.0 Å². The molecule has 4 aromatic rings. The average molecular weight is 628 g/mol. The van der Waals surface area contributed by atoms with Crippen LogP contribution in [0.15, 0.2) is 71.0 Å². The van der Waals surface area contributed by atoms with Crippen LogP contribution in [0.25, 0.3) is 0 Å². The first-order valence-electron chi connectivity index (χ1n) is 10.1. The number of hydrogen-bond donors (Lipinski definition) is 1. The summed E-state index contributed by atoms with van der Waals surface area (Å²) in [7, 11) is 1.47. The molecule has 0 amide bonds. The maximum atomic E-state index is 8.80. The van der Waals surface area contributed by atoms with Gasteiger partial charge in [0.1, 0.15) is 7.11 Å². The third kappa shape index (κ3) is 11.8. The molecule has 2 heterocycles. The van der Waals surface area contributed by atoms with Crippen LogP contribution in [-0.2, 0) is 70.3 Å². The molecule has 35 heavy (non-hydrogen) atoms. The Morgan fingerprint density at radius 1 is 0.743 bits per heavy atom. The smallest absolute Gasteiger partial charge is 0.104 e. The van der Waals surface area contributed by atoms with Gasteiger partial charge < -0.3 is 19.4 Å². The van der Waals surface area contributed by atoms with Gasteiger partial charge in [0, 0.05) is 77.1 Å². The molecule has 2 aromatic heterocycles. The summed E-state index contributed by atoms with van der Waals surface area (Å²) in [6, 6.07) is 18.5. The van der Waals surface area contributed by atoms with Crippen molar-refractivity contribution in [2.75, 3.05) is 7.11 Å². The van der Waals surface area contributed by atoms with Crippen molar-refractivity contribution in [3.63, 3.8) is 0 Å². The molecule has 14 heteroatoms. The second-order valence-electron chi connectivity index (χ2n) is 5.13. The van der Waals surface area contributed by atoms with E-state index in [0.717, 1.165) is 10.2 Å². The molecule has 12 nitrogen and oxygen atoms in total. The predicted octanol–water partition coefficient (Wildman–Crippen LogP) is 2.53. The van der Waals surface area contributed by atoms with E-state index < -0.39 is 0 Å². The molecule has 0 saturated carbocycles. The fourth-order valence-corrected chi connectivity index (χ4v) is 2.16. The van der Waals surface area contributed by atoms with Gasteiger partial charge in [-0.05, 0) is 23.1 Å². The Kier molecular flexibility index (Phi) is 22.1. The van der Waals surface area contributed by atoms with Gasteiger partial charge in [-0.25, -0.2) is 10.2 Å². The summed E-state index contributed by atoms with van der Waals surface area (Å²) in [6.07, 6.45) is 4.99. The fraction of sp³-hybridized carbons (Fsp3) is 0.238. The summed E-state index contributed by atoms with van der Waals surface area (Å²) in [4.78, 5) is 4.73. The minimum Gasteiger partial charge on any atom is -0.427 e. The van der Waals surface area contributed by atoms with Crippen LogP contribution in [0.4, 0.5) is 0 Å². The first-order chi connectivity index (χ1) is 16.3. The first-order valence-corrected chi connectivity index (χ1v) is 10.1. The van der Waals surface area contributed by atoms with Gasteiger partial charge in [0.2, 0.25) is 0 Å². The predicted molar refractivity (Wildman–Crippen MR) is 122 cm³/mol. The van der Waals surface area contributed by atoms with E-state index in [0.29, 0.717) is 11.4 Å². The van der Waals surface area contributed by atoms with Crippen LogP contribution in [0.3, 0.4) is 0 Å². The summed E-state index contributed by atoms with van der Waals surface area (Å²) < 4.78 is 2.48. The maximum absolute atomic E-state index is 8.80. The largest absolute Gasteiger partial charge is 0.427 e. The van der Waals surface area contributed by atoms with E-state index in [9.17, 15) is 0 Å². The SMILES string of the molecule is CC.CC.CON=C(c1ccccc1)n1[c-]nnn1.ON=C(c1ccccc1)n1[c-]nnn1.[Y].[Y]. The Labute approximate surface area is 255 Å². The van der Waals surface area contributed by atoms with E-state index >= 15 is 0 Å². The molecule has 0 aliphatic rings. The van der Waals surface area contributed by atoms with Crippen LogP contribution in [0.2, 0.25) is 0 Å². The van der Waals surface area contributed by atoms with E-state index in [1.165, 1.54) is 11.8 Å². The molecule has 180 valence electrons. The third-order valence-electron chi connectivity index (χ3n) is 3.36. The minimum atomic E-state index is 0. The summed E-state index contributed by atoms with van der Waals surface area (Å²) in [5.41, 5.74) is 1.56. The zero-order chi connectivity index (χ0) is 24.3. The zero-order valence-electron chi connectivity index (χ0n) is 20.3. The summed E-state index contributed by atoms with van der Waals surface area (Å²) in [5, 5.41) is 36.7. The normalized spacial score (nSPS) is 9.86. The molecule has 2 aromatic carbocycles. The number of aromatic nitrogens is 8. The Bertz CT molecular complexity index is 1050. The minimum absolute atomic E-state index is 0. The number of benzene rings is 2. The molecule has 0 atom stereocenters. The summed E-state index contributed by atoms with van der Waals surface area (Å²) in [5.74, 6) is 0.721. The van der Waals surface area contributed by atoms with Crippen molar-refractivity contribution in [1.82, 2.24) is 40.4 Å². The van der Waals surface area contributed by atoms with Crippen molar-refractivity contribution in [2.24, 2.45) is 10.3 Å². The molecule has 4 rings (SSSR count). The third-order valence-corrected chi connectivity index (χ3v) is 3.36. The number of rotatable bonds is 3. The van der Waals surface area contributed by atoms with Crippen molar-refractivity contribution in [3.8, 4) is 0 Å². The Balaban J connectivity index is 0. The van der Waals surface area contributed by atoms with E-state index in [2.05, 4.69) is 54.0 Å². The van der Waals surface area contributed by atoms with Crippen LogP contribution in [0.5, 0.6) is 0 Å². The standard InChI is InChI=1S/C9H8N5O.C8H6N5O.2C2H6.2Y/c1-15-11-9(14-7-10-12-13-14)8-5-3-2-4-6-8;14-10-8(13-6-9-11-12-13)7-4-2-1-3-5-7;2*1-2;;/h2-6H,1H3;1-5,14H;2*1-2H3;;/q2*-1;;;;. The number of nitrogens with zero attached hydrogens (tertiary/aromatic N) is 10. The molecule has 0 unspecified atom stereocenters. The molecule has 1 N–H and O–H groups in total. The Morgan fingerprint density at radius 2 is 1.14 bits per heavy atom. The van der Waals surface area contributed by atoms with Gasteiger partial charge in [-0.2, -0.15) is 10.3 Å². The number of hydrogen-bond acceptors (Lipinski definition) is 10. The van der Waals surface area contributed by atoms with Gasteiger partial charge in [-0.3, -0.25) is 0 Å². The van der Waals surface area contributed by atoms with Crippen molar-refractivity contribution < 1.29 is 75.5 Å². The molecule has 0 fully saturated rings. The monoisotopic (exact) mass is 628 g/mol. The van der Waals surface area contributed by atoms with Gasteiger partial charge in [-0.15, -0.1) is 0 Å². The molecular formula is C21H26N10O2Y2-2. The van der Waals surface area contributed by atoms with E-state index in [-0.39, 0.29) is 71.3 Å². The van der Waals surface area contributed by atoms with Gasteiger partial charge in [0.15, 0.2) is 0 Å². The number of oxime groups is 2. The second kappa shape index (κ2) is 22.2.